The van der Waals surface area contributed by atoms with Gasteiger partial charge in [-0.15, -0.1) is 0 Å². The average Bonchev–Trinajstić information content (AvgIpc) is 2.87. The zero-order valence-electron chi connectivity index (χ0n) is 8.95. The normalized spacial score (nSPS) is 33.5. The van der Waals surface area contributed by atoms with Crippen molar-refractivity contribution in [3.63, 3.8) is 0 Å². The maximum Gasteiger partial charge on any atom is 0.107 e. The summed E-state index contributed by atoms with van der Waals surface area (Å²) in [6.07, 6.45) is 3.60. The Morgan fingerprint density at radius 2 is 2.07 bits per heavy atom. The van der Waals surface area contributed by atoms with Gasteiger partial charge in [0, 0.05) is 22.6 Å². The molecule has 1 aliphatic carbocycles. The number of rotatable bonds is 3. The molecule has 4 atom stereocenters. The van der Waals surface area contributed by atoms with E-state index in [1.165, 1.54) is 5.56 Å². The second-order valence-corrected chi connectivity index (χ2v) is 5.63. The first-order chi connectivity index (χ1) is 7.05. The molecule has 1 aromatic heterocycles. The van der Waals surface area contributed by atoms with E-state index in [2.05, 4.69) is 27.8 Å². The monoisotopic (exact) mass is 271 g/mol. The van der Waals surface area contributed by atoms with Crippen molar-refractivity contribution < 1.29 is 4.39 Å². The highest BCUT2D eigenvalue weighted by molar-refractivity contribution is 9.09. The van der Waals surface area contributed by atoms with Crippen molar-refractivity contribution in [2.75, 3.05) is 0 Å². The van der Waals surface area contributed by atoms with Crippen LogP contribution in [0.5, 0.6) is 0 Å². The van der Waals surface area contributed by atoms with Gasteiger partial charge in [-0.25, -0.2) is 4.39 Å². The highest BCUT2D eigenvalue weighted by atomic mass is 79.9. The zero-order valence-corrected chi connectivity index (χ0v) is 10.5. The summed E-state index contributed by atoms with van der Waals surface area (Å²) in [7, 11) is 0. The minimum atomic E-state index is -0.647. The average molecular weight is 272 g/mol. The summed E-state index contributed by atoms with van der Waals surface area (Å²) in [4.78, 5) is 4.19. The van der Waals surface area contributed by atoms with Crippen LogP contribution in [-0.2, 0) is 0 Å². The molecule has 1 aliphatic rings. The third kappa shape index (κ3) is 1.94. The van der Waals surface area contributed by atoms with Crippen LogP contribution in [0.3, 0.4) is 0 Å². The maximum atomic E-state index is 13.2. The fourth-order valence-corrected chi connectivity index (χ4v) is 2.80. The van der Waals surface area contributed by atoms with E-state index >= 15 is 0 Å². The predicted octanol–water partition coefficient (Wildman–Crippen LogP) is 3.70. The van der Waals surface area contributed by atoms with Crippen molar-refractivity contribution >= 4 is 15.9 Å². The van der Waals surface area contributed by atoms with Crippen LogP contribution >= 0.6 is 15.9 Å². The lowest BCUT2D eigenvalue weighted by Crippen LogP contribution is -2.21. The molecule has 0 radical (unpaired) electrons. The number of hydrogen-bond acceptors (Lipinski definition) is 1. The van der Waals surface area contributed by atoms with Gasteiger partial charge >= 0.3 is 0 Å². The minimum Gasteiger partial charge on any atom is -0.265 e. The molecular formula is C12H15BrFN. The zero-order chi connectivity index (χ0) is 11.1. The third-order valence-corrected chi connectivity index (χ3v) is 5.31. The van der Waals surface area contributed by atoms with E-state index in [-0.39, 0.29) is 10.2 Å². The second-order valence-electron chi connectivity index (χ2n) is 4.65. The summed E-state index contributed by atoms with van der Waals surface area (Å²) in [5.74, 6) is 0.318. The van der Waals surface area contributed by atoms with E-state index in [0.717, 1.165) is 0 Å². The first kappa shape index (κ1) is 11.1. The van der Waals surface area contributed by atoms with Gasteiger partial charge in [0.1, 0.15) is 6.17 Å². The van der Waals surface area contributed by atoms with Crippen LogP contribution in [0.2, 0.25) is 0 Å². The molecular weight excluding hydrogens is 257 g/mol. The quantitative estimate of drug-likeness (QED) is 0.764. The smallest absolute Gasteiger partial charge is 0.107 e. The van der Waals surface area contributed by atoms with Gasteiger partial charge in [0.15, 0.2) is 0 Å². The Hall–Kier alpha value is -0.440. The molecule has 4 unspecified atom stereocenters. The molecule has 3 heteroatoms. The number of alkyl halides is 2. The summed E-state index contributed by atoms with van der Waals surface area (Å²) in [6.45, 7) is 4.14. The van der Waals surface area contributed by atoms with Crippen molar-refractivity contribution in [2.24, 2.45) is 5.41 Å². The SMILES string of the molecule is CC(c1ccncc1)C(Br)C1(C)CC1F. The fraction of sp³-hybridized carbons (Fsp3) is 0.583. The molecule has 0 aliphatic heterocycles. The first-order valence-corrected chi connectivity index (χ1v) is 6.15. The molecule has 1 saturated carbocycles. The largest absolute Gasteiger partial charge is 0.265 e. The Balaban J connectivity index is 2.12. The minimum absolute atomic E-state index is 0.178. The summed E-state index contributed by atoms with van der Waals surface area (Å²) >= 11 is 3.64. The molecule has 1 fully saturated rings. The second kappa shape index (κ2) is 3.85. The van der Waals surface area contributed by atoms with Crippen LogP contribution < -0.4 is 0 Å². The molecule has 2 rings (SSSR count). The van der Waals surface area contributed by atoms with Crippen LogP contribution in [0.25, 0.3) is 0 Å². The molecule has 0 bridgehead atoms. The van der Waals surface area contributed by atoms with Gasteiger partial charge in [-0.05, 0) is 30.0 Å². The third-order valence-electron chi connectivity index (χ3n) is 3.48. The van der Waals surface area contributed by atoms with E-state index in [1.54, 1.807) is 12.4 Å². The van der Waals surface area contributed by atoms with Crippen molar-refractivity contribution in [1.29, 1.82) is 0 Å². The van der Waals surface area contributed by atoms with Gasteiger partial charge in [0.05, 0.1) is 0 Å². The van der Waals surface area contributed by atoms with Gasteiger partial charge in [-0.1, -0.05) is 29.8 Å². The van der Waals surface area contributed by atoms with E-state index in [9.17, 15) is 4.39 Å². The van der Waals surface area contributed by atoms with Crippen molar-refractivity contribution in [2.45, 2.75) is 37.2 Å². The summed E-state index contributed by atoms with van der Waals surface area (Å²) in [5.41, 5.74) is 1.04. The Morgan fingerprint density at radius 3 is 2.53 bits per heavy atom. The molecule has 1 heterocycles. The van der Waals surface area contributed by atoms with Gasteiger partial charge in [0.25, 0.3) is 0 Å². The van der Waals surface area contributed by atoms with Crippen molar-refractivity contribution in [1.82, 2.24) is 4.98 Å². The first-order valence-electron chi connectivity index (χ1n) is 5.24. The summed E-state index contributed by atoms with van der Waals surface area (Å²) in [6, 6.07) is 4.00. The van der Waals surface area contributed by atoms with E-state index in [1.807, 2.05) is 19.1 Å². The van der Waals surface area contributed by atoms with E-state index in [0.29, 0.717) is 12.3 Å². The standard InChI is InChI=1S/C12H15BrFN/c1-8(9-3-5-15-6-4-9)11(13)12(2)7-10(12)14/h3-6,8,10-11H,7H2,1-2H3. The van der Waals surface area contributed by atoms with Crippen LogP contribution in [0, 0.1) is 5.41 Å². The number of halogens is 2. The highest BCUT2D eigenvalue weighted by Crippen LogP contribution is 2.56. The van der Waals surface area contributed by atoms with E-state index in [4.69, 9.17) is 0 Å². The predicted molar refractivity (Wildman–Crippen MR) is 63.0 cm³/mol. The molecule has 0 aromatic carbocycles. The fourth-order valence-electron chi connectivity index (χ4n) is 2.02. The molecule has 0 N–H and O–H groups in total. The summed E-state index contributed by atoms with van der Waals surface area (Å²) in [5, 5.41) is 0. The van der Waals surface area contributed by atoms with Crippen LogP contribution in [-0.4, -0.2) is 16.0 Å². The van der Waals surface area contributed by atoms with Crippen LogP contribution in [0.15, 0.2) is 24.5 Å². The van der Waals surface area contributed by atoms with Gasteiger partial charge in [-0.2, -0.15) is 0 Å². The molecule has 0 amide bonds. The molecule has 82 valence electrons. The van der Waals surface area contributed by atoms with Crippen LogP contribution in [0.1, 0.15) is 31.7 Å². The summed E-state index contributed by atoms with van der Waals surface area (Å²) < 4.78 is 13.2. The number of pyridine rings is 1. The van der Waals surface area contributed by atoms with E-state index < -0.39 is 6.17 Å². The van der Waals surface area contributed by atoms with Gasteiger partial charge in [-0.3, -0.25) is 4.98 Å². The maximum absolute atomic E-state index is 13.2. The Kier molecular flexibility index (Phi) is 2.84. The number of aromatic nitrogens is 1. The van der Waals surface area contributed by atoms with Crippen LogP contribution in [0.4, 0.5) is 4.39 Å². The Labute approximate surface area is 98.2 Å². The number of nitrogens with zero attached hydrogens (tertiary/aromatic N) is 1. The van der Waals surface area contributed by atoms with Gasteiger partial charge in [0.2, 0.25) is 0 Å². The van der Waals surface area contributed by atoms with Crippen molar-refractivity contribution in [3.05, 3.63) is 30.1 Å². The van der Waals surface area contributed by atoms with Gasteiger partial charge < -0.3 is 0 Å². The Bertz CT molecular complexity index is 343. The molecule has 0 saturated heterocycles. The lowest BCUT2D eigenvalue weighted by molar-refractivity contribution is 0.357. The molecule has 0 spiro atoms. The van der Waals surface area contributed by atoms with Crippen molar-refractivity contribution in [3.8, 4) is 0 Å². The lowest BCUT2D eigenvalue weighted by Gasteiger charge is -2.24. The molecule has 1 aromatic rings. The number of hydrogen-bond donors (Lipinski definition) is 0. The topological polar surface area (TPSA) is 12.9 Å². The molecule has 15 heavy (non-hydrogen) atoms. The molecule has 1 nitrogen and oxygen atoms in total. The lowest BCUT2D eigenvalue weighted by atomic mass is 9.89. The highest BCUT2D eigenvalue weighted by Gasteiger charge is 2.56. The Morgan fingerprint density at radius 1 is 1.53 bits per heavy atom.